The molecule has 1 saturated heterocycles. The number of methoxy groups -OCH3 is 1. The molecule has 0 aliphatic carbocycles. The molecule has 1 aliphatic rings. The van der Waals surface area contributed by atoms with Crippen molar-refractivity contribution in [3.63, 3.8) is 0 Å². The summed E-state index contributed by atoms with van der Waals surface area (Å²) in [4.78, 5) is 22.6. The monoisotopic (exact) mass is 437 g/mol. The van der Waals surface area contributed by atoms with Crippen LogP contribution in [0.5, 0.6) is 5.75 Å². The second kappa shape index (κ2) is 7.42. The van der Waals surface area contributed by atoms with Crippen LogP contribution in [0.1, 0.15) is 12.0 Å². The Morgan fingerprint density at radius 1 is 1.35 bits per heavy atom. The van der Waals surface area contributed by atoms with E-state index >= 15 is 0 Å². The molecule has 1 aliphatic heterocycles. The summed E-state index contributed by atoms with van der Waals surface area (Å²) in [7, 11) is 1.69. The molecule has 3 aromatic heterocycles. The predicted molar refractivity (Wildman–Crippen MR) is 122 cm³/mol. The van der Waals surface area contributed by atoms with Crippen LogP contribution >= 0.6 is 11.3 Å². The van der Waals surface area contributed by atoms with Gasteiger partial charge in [0, 0.05) is 36.3 Å². The molecule has 0 radical (unpaired) electrons. The van der Waals surface area contributed by atoms with Crippen LogP contribution in [-0.4, -0.2) is 50.8 Å². The van der Waals surface area contributed by atoms with E-state index in [0.717, 1.165) is 49.3 Å². The van der Waals surface area contributed by atoms with Crippen molar-refractivity contribution in [2.24, 2.45) is 5.92 Å². The lowest BCUT2D eigenvalue weighted by Gasteiger charge is -2.13. The molecule has 1 amide bonds. The number of amides is 1. The maximum absolute atomic E-state index is 11.3. The van der Waals surface area contributed by atoms with Crippen molar-refractivity contribution in [2.45, 2.75) is 19.9 Å². The fourth-order valence-corrected chi connectivity index (χ4v) is 5.60. The van der Waals surface area contributed by atoms with Crippen molar-refractivity contribution in [2.75, 3.05) is 25.9 Å². The molecule has 8 nitrogen and oxygen atoms in total. The van der Waals surface area contributed by atoms with E-state index in [9.17, 15) is 9.90 Å². The minimum absolute atomic E-state index is 0.237. The minimum Gasteiger partial charge on any atom is -0.495 e. The molecule has 31 heavy (non-hydrogen) atoms. The number of benzene rings is 1. The van der Waals surface area contributed by atoms with E-state index < -0.39 is 6.09 Å². The van der Waals surface area contributed by atoms with E-state index in [1.807, 2.05) is 6.07 Å². The molecular weight excluding hydrogens is 414 g/mol. The molecule has 5 rings (SSSR count). The van der Waals surface area contributed by atoms with E-state index in [4.69, 9.17) is 10.5 Å². The predicted octanol–water partition coefficient (Wildman–Crippen LogP) is 4.21. The highest BCUT2D eigenvalue weighted by Gasteiger charge is 2.27. The summed E-state index contributed by atoms with van der Waals surface area (Å²) in [5.41, 5.74) is 9.19. The van der Waals surface area contributed by atoms with Gasteiger partial charge in [-0.3, -0.25) is 0 Å². The summed E-state index contributed by atoms with van der Waals surface area (Å²) in [6, 6.07) is 6.34. The Bertz CT molecular complexity index is 1310. The lowest BCUT2D eigenvalue weighted by molar-refractivity contribution is 0.153. The third-order valence-electron chi connectivity index (χ3n) is 5.91. The van der Waals surface area contributed by atoms with Gasteiger partial charge in [0.1, 0.15) is 23.5 Å². The summed E-state index contributed by atoms with van der Waals surface area (Å²) in [6.45, 7) is 3.84. The molecule has 0 spiro atoms. The first-order chi connectivity index (χ1) is 14.9. The maximum Gasteiger partial charge on any atom is 0.407 e. The van der Waals surface area contributed by atoms with Crippen molar-refractivity contribution in [1.29, 1.82) is 0 Å². The van der Waals surface area contributed by atoms with Crippen molar-refractivity contribution in [1.82, 2.24) is 19.4 Å². The van der Waals surface area contributed by atoms with Crippen LogP contribution in [0.4, 0.5) is 10.6 Å². The van der Waals surface area contributed by atoms with Gasteiger partial charge in [0.2, 0.25) is 0 Å². The fourth-order valence-electron chi connectivity index (χ4n) is 4.46. The summed E-state index contributed by atoms with van der Waals surface area (Å²) < 4.78 is 8.77. The van der Waals surface area contributed by atoms with Crippen LogP contribution < -0.4 is 10.5 Å². The number of carboxylic acid groups (broad SMARTS) is 1. The highest BCUT2D eigenvalue weighted by atomic mass is 32.1. The first-order valence-electron chi connectivity index (χ1n) is 10.1. The first kappa shape index (κ1) is 19.6. The number of fused-ring (bicyclic) bond motifs is 2. The zero-order valence-corrected chi connectivity index (χ0v) is 18.1. The summed E-state index contributed by atoms with van der Waals surface area (Å²) in [5.74, 6) is 1.54. The number of aromatic nitrogens is 3. The van der Waals surface area contributed by atoms with Crippen LogP contribution in [-0.2, 0) is 6.54 Å². The topological polar surface area (TPSA) is 106 Å². The zero-order valence-electron chi connectivity index (χ0n) is 17.3. The molecule has 3 N–H and O–H groups in total. The number of nitrogens with two attached hydrogens (primary N) is 1. The molecule has 1 fully saturated rings. The first-order valence-corrected chi connectivity index (χ1v) is 10.9. The van der Waals surface area contributed by atoms with Crippen LogP contribution in [0.15, 0.2) is 30.7 Å². The normalized spacial score (nSPS) is 16.5. The quantitative estimate of drug-likeness (QED) is 0.495. The minimum atomic E-state index is -0.860. The Labute approximate surface area is 182 Å². The fraction of sp³-hybridized carbons (Fsp3) is 0.318. The van der Waals surface area contributed by atoms with E-state index in [1.165, 1.54) is 11.2 Å². The maximum atomic E-state index is 11.3. The number of hydrogen-bond acceptors (Lipinski definition) is 6. The molecule has 4 aromatic rings. The van der Waals surface area contributed by atoms with Crippen molar-refractivity contribution >= 4 is 44.4 Å². The van der Waals surface area contributed by atoms with Gasteiger partial charge in [0.05, 0.1) is 17.2 Å². The Morgan fingerprint density at radius 2 is 2.19 bits per heavy atom. The second-order valence-corrected chi connectivity index (χ2v) is 9.08. The van der Waals surface area contributed by atoms with Crippen molar-refractivity contribution < 1.29 is 14.6 Å². The van der Waals surface area contributed by atoms with Gasteiger partial charge in [-0.1, -0.05) is 6.07 Å². The molecule has 1 aromatic carbocycles. The number of hydrogen-bond donors (Lipinski definition) is 2. The van der Waals surface area contributed by atoms with Gasteiger partial charge < -0.3 is 25.0 Å². The highest BCUT2D eigenvalue weighted by Crippen LogP contribution is 2.43. The van der Waals surface area contributed by atoms with Crippen LogP contribution in [0.25, 0.3) is 31.6 Å². The zero-order chi connectivity index (χ0) is 21.7. The number of likely N-dealkylation sites (tertiary alicyclic amines) is 1. The van der Waals surface area contributed by atoms with E-state index in [0.29, 0.717) is 25.5 Å². The molecule has 160 valence electrons. The second-order valence-electron chi connectivity index (χ2n) is 8.03. The number of nitrogen functional groups attached to an aromatic ring is 1. The van der Waals surface area contributed by atoms with Gasteiger partial charge in [-0.15, -0.1) is 11.3 Å². The van der Waals surface area contributed by atoms with Crippen molar-refractivity contribution in [3.05, 3.63) is 36.3 Å². The van der Waals surface area contributed by atoms with Gasteiger partial charge >= 0.3 is 6.09 Å². The van der Waals surface area contributed by atoms with Gasteiger partial charge in [0.15, 0.2) is 0 Å². The van der Waals surface area contributed by atoms with Gasteiger partial charge in [-0.25, -0.2) is 14.8 Å². The molecule has 4 heterocycles. The number of carbonyl (C=O) groups is 1. The van der Waals surface area contributed by atoms with Crippen LogP contribution in [0, 0.1) is 12.8 Å². The summed E-state index contributed by atoms with van der Waals surface area (Å²) >= 11 is 1.66. The Morgan fingerprint density at radius 3 is 2.94 bits per heavy atom. The number of nitrogens with zero attached hydrogens (tertiary/aromatic N) is 4. The van der Waals surface area contributed by atoms with E-state index in [2.05, 4.69) is 39.8 Å². The Kier molecular flexibility index (Phi) is 4.70. The molecule has 0 saturated carbocycles. The number of thiophene rings is 1. The SMILES string of the molecule is COc1cc(C)cc2cc(-c3cn(CC4CCN(C(=O)O)C4)c4ncnc(N)c34)sc12. The van der Waals surface area contributed by atoms with E-state index in [1.54, 1.807) is 18.4 Å². The van der Waals surface area contributed by atoms with Crippen molar-refractivity contribution in [3.8, 4) is 16.2 Å². The average Bonchev–Trinajstić information content (AvgIpc) is 3.45. The largest absolute Gasteiger partial charge is 0.495 e. The average molecular weight is 438 g/mol. The van der Waals surface area contributed by atoms with Crippen LogP contribution in [0.3, 0.4) is 0 Å². The molecular formula is C22H23N5O3S. The number of ether oxygens (including phenoxy) is 1. The third-order valence-corrected chi connectivity index (χ3v) is 7.10. The van der Waals surface area contributed by atoms with Gasteiger partial charge in [0.25, 0.3) is 0 Å². The van der Waals surface area contributed by atoms with Gasteiger partial charge in [-0.05, 0) is 42.3 Å². The number of anilines is 1. The number of aryl methyl sites for hydroxylation is 1. The molecule has 9 heteroatoms. The standard InChI is InChI=1S/C22H23N5O3S/c1-12-5-14-7-17(31-19(14)16(6-12)30-2)15-10-27(21-18(15)20(23)24-11-25-21)9-13-3-4-26(8-13)22(28)29/h5-7,10-11,13H,3-4,8-9H2,1-2H3,(H,28,29)(H2,23,24,25). The number of rotatable bonds is 4. The van der Waals surface area contributed by atoms with Gasteiger partial charge in [-0.2, -0.15) is 0 Å². The lowest BCUT2D eigenvalue weighted by Crippen LogP contribution is -2.27. The van der Waals surface area contributed by atoms with Crippen LogP contribution in [0.2, 0.25) is 0 Å². The Balaban J connectivity index is 1.60. The smallest absolute Gasteiger partial charge is 0.407 e. The van der Waals surface area contributed by atoms with E-state index in [-0.39, 0.29) is 5.92 Å². The molecule has 1 atom stereocenters. The summed E-state index contributed by atoms with van der Waals surface area (Å²) in [5, 5.41) is 11.2. The Hall–Kier alpha value is -3.33. The molecule has 1 unspecified atom stereocenters. The third kappa shape index (κ3) is 3.34. The highest BCUT2D eigenvalue weighted by molar-refractivity contribution is 7.22. The summed E-state index contributed by atoms with van der Waals surface area (Å²) in [6.07, 6.45) is 3.53. The molecule has 0 bridgehead atoms. The lowest BCUT2D eigenvalue weighted by atomic mass is 10.1.